The van der Waals surface area contributed by atoms with Crippen molar-refractivity contribution in [2.24, 2.45) is 0 Å². The summed E-state index contributed by atoms with van der Waals surface area (Å²) in [7, 11) is 0. The lowest BCUT2D eigenvalue weighted by molar-refractivity contribution is 0.113. The molecular formula is C14H22O2S. The van der Waals surface area contributed by atoms with Crippen molar-refractivity contribution in [2.75, 3.05) is 24.7 Å². The number of aliphatic hydroxyl groups excluding tert-OH is 2. The van der Waals surface area contributed by atoms with Crippen molar-refractivity contribution in [3.8, 4) is 0 Å². The normalized spacial score (nSPS) is 11.8. The molecule has 0 aliphatic carbocycles. The minimum atomic E-state index is -0.493. The number of aliphatic hydroxyl groups is 2. The van der Waals surface area contributed by atoms with E-state index in [1.807, 2.05) is 43.0 Å². The fourth-order valence-electron chi connectivity index (χ4n) is 2.09. The van der Waals surface area contributed by atoms with Gasteiger partial charge < -0.3 is 10.2 Å². The largest absolute Gasteiger partial charge is 0.395 e. The van der Waals surface area contributed by atoms with Crippen LogP contribution >= 0.6 is 11.8 Å². The maximum Gasteiger partial charge on any atom is 0.0550 e. The molecule has 0 aromatic heterocycles. The molecular weight excluding hydrogens is 232 g/mol. The molecule has 0 saturated heterocycles. The molecule has 0 radical (unpaired) electrons. The van der Waals surface area contributed by atoms with Crippen molar-refractivity contribution >= 4 is 11.8 Å². The van der Waals surface area contributed by atoms with E-state index < -0.39 is 5.41 Å². The van der Waals surface area contributed by atoms with Crippen LogP contribution in [0.25, 0.3) is 0 Å². The SMILES string of the molecule is CCSCCC(CO)(CO)c1ccccc1C. The van der Waals surface area contributed by atoms with E-state index >= 15 is 0 Å². The number of benzene rings is 1. The van der Waals surface area contributed by atoms with Crippen LogP contribution < -0.4 is 0 Å². The van der Waals surface area contributed by atoms with Crippen LogP contribution in [-0.2, 0) is 5.41 Å². The summed E-state index contributed by atoms with van der Waals surface area (Å²) >= 11 is 1.84. The zero-order valence-corrected chi connectivity index (χ0v) is 11.5. The van der Waals surface area contributed by atoms with Gasteiger partial charge in [0.05, 0.1) is 13.2 Å². The van der Waals surface area contributed by atoms with Gasteiger partial charge in [0.2, 0.25) is 0 Å². The molecule has 3 heteroatoms. The van der Waals surface area contributed by atoms with E-state index in [2.05, 4.69) is 6.92 Å². The zero-order valence-electron chi connectivity index (χ0n) is 10.6. The van der Waals surface area contributed by atoms with Crippen molar-refractivity contribution in [1.82, 2.24) is 0 Å². The van der Waals surface area contributed by atoms with Gasteiger partial charge in [-0.3, -0.25) is 0 Å². The molecule has 0 fully saturated rings. The third-order valence-corrected chi connectivity index (χ3v) is 4.15. The van der Waals surface area contributed by atoms with Crippen LogP contribution in [0.4, 0.5) is 0 Å². The fourth-order valence-corrected chi connectivity index (χ4v) is 2.92. The molecule has 0 saturated carbocycles. The summed E-state index contributed by atoms with van der Waals surface area (Å²) in [4.78, 5) is 0. The molecule has 0 bridgehead atoms. The van der Waals surface area contributed by atoms with Gasteiger partial charge in [0, 0.05) is 5.41 Å². The quantitative estimate of drug-likeness (QED) is 0.734. The lowest BCUT2D eigenvalue weighted by atomic mass is 9.77. The summed E-state index contributed by atoms with van der Waals surface area (Å²) < 4.78 is 0. The lowest BCUT2D eigenvalue weighted by Crippen LogP contribution is -2.36. The van der Waals surface area contributed by atoms with Crippen LogP contribution in [0, 0.1) is 6.92 Å². The number of hydrogen-bond acceptors (Lipinski definition) is 3. The topological polar surface area (TPSA) is 40.5 Å². The van der Waals surface area contributed by atoms with Crippen molar-refractivity contribution in [3.63, 3.8) is 0 Å². The monoisotopic (exact) mass is 254 g/mol. The standard InChI is InChI=1S/C14H22O2S/c1-3-17-9-8-14(10-15,11-16)13-7-5-4-6-12(13)2/h4-7,15-16H,3,8-11H2,1-2H3. The highest BCUT2D eigenvalue weighted by atomic mass is 32.2. The Kier molecular flexibility index (Phi) is 6.03. The van der Waals surface area contributed by atoms with E-state index in [4.69, 9.17) is 0 Å². The molecule has 96 valence electrons. The van der Waals surface area contributed by atoms with Gasteiger partial charge in [0.25, 0.3) is 0 Å². The van der Waals surface area contributed by atoms with Gasteiger partial charge >= 0.3 is 0 Å². The van der Waals surface area contributed by atoms with Crippen LogP contribution in [0.3, 0.4) is 0 Å². The highest BCUT2D eigenvalue weighted by molar-refractivity contribution is 7.99. The maximum absolute atomic E-state index is 9.68. The van der Waals surface area contributed by atoms with Gasteiger partial charge in [-0.1, -0.05) is 31.2 Å². The molecule has 0 unspecified atom stereocenters. The van der Waals surface area contributed by atoms with E-state index in [0.717, 1.165) is 29.1 Å². The van der Waals surface area contributed by atoms with E-state index in [0.29, 0.717) is 0 Å². The average molecular weight is 254 g/mol. The predicted octanol–water partition coefficient (Wildman–Crippen LogP) is 2.36. The second kappa shape index (κ2) is 7.04. The number of hydrogen-bond donors (Lipinski definition) is 2. The van der Waals surface area contributed by atoms with Crippen molar-refractivity contribution in [1.29, 1.82) is 0 Å². The average Bonchev–Trinajstić information content (AvgIpc) is 2.36. The molecule has 0 amide bonds. The second-order valence-electron chi connectivity index (χ2n) is 4.36. The van der Waals surface area contributed by atoms with E-state index in [9.17, 15) is 10.2 Å². The summed E-state index contributed by atoms with van der Waals surface area (Å²) in [5.41, 5.74) is 1.71. The van der Waals surface area contributed by atoms with Gasteiger partial charge in [-0.15, -0.1) is 0 Å². The van der Waals surface area contributed by atoms with Crippen LogP contribution in [0.15, 0.2) is 24.3 Å². The molecule has 17 heavy (non-hydrogen) atoms. The number of aryl methyl sites for hydroxylation is 1. The lowest BCUT2D eigenvalue weighted by Gasteiger charge is -2.31. The third-order valence-electron chi connectivity index (χ3n) is 3.25. The van der Waals surface area contributed by atoms with Crippen molar-refractivity contribution in [2.45, 2.75) is 25.7 Å². The number of rotatable bonds is 7. The molecule has 0 aliphatic rings. The van der Waals surface area contributed by atoms with Gasteiger partial charge in [-0.2, -0.15) is 11.8 Å². The van der Waals surface area contributed by atoms with Gasteiger partial charge in [0.15, 0.2) is 0 Å². The Balaban J connectivity index is 2.94. The number of thioether (sulfide) groups is 1. The Labute approximate surface area is 108 Å². The smallest absolute Gasteiger partial charge is 0.0550 e. The minimum absolute atomic E-state index is 0.00136. The van der Waals surface area contributed by atoms with E-state index in [1.54, 1.807) is 0 Å². The molecule has 1 aromatic rings. The molecule has 0 aliphatic heterocycles. The van der Waals surface area contributed by atoms with Crippen molar-refractivity contribution in [3.05, 3.63) is 35.4 Å². The molecule has 2 N–H and O–H groups in total. The third kappa shape index (κ3) is 3.47. The molecule has 0 heterocycles. The molecule has 1 aromatic carbocycles. The predicted molar refractivity (Wildman–Crippen MR) is 74.6 cm³/mol. The van der Waals surface area contributed by atoms with Crippen LogP contribution in [0.5, 0.6) is 0 Å². The first-order chi connectivity index (χ1) is 8.20. The van der Waals surface area contributed by atoms with Gasteiger partial charge in [-0.05, 0) is 36.0 Å². The first kappa shape index (κ1) is 14.6. The van der Waals surface area contributed by atoms with Crippen LogP contribution in [0.1, 0.15) is 24.5 Å². The Morgan fingerprint density at radius 2 is 1.82 bits per heavy atom. The molecule has 0 atom stereocenters. The Hall–Kier alpha value is -0.510. The minimum Gasteiger partial charge on any atom is -0.395 e. The Morgan fingerprint density at radius 1 is 1.18 bits per heavy atom. The maximum atomic E-state index is 9.68. The molecule has 0 spiro atoms. The summed E-state index contributed by atoms with van der Waals surface area (Å²) in [6.45, 7) is 4.15. The van der Waals surface area contributed by atoms with Gasteiger partial charge in [-0.25, -0.2) is 0 Å². The Bertz CT molecular complexity index is 335. The fraction of sp³-hybridized carbons (Fsp3) is 0.571. The van der Waals surface area contributed by atoms with E-state index in [1.165, 1.54) is 0 Å². The van der Waals surface area contributed by atoms with Crippen molar-refractivity contribution < 1.29 is 10.2 Å². The molecule has 2 nitrogen and oxygen atoms in total. The summed E-state index contributed by atoms with van der Waals surface area (Å²) in [5, 5.41) is 19.4. The van der Waals surface area contributed by atoms with Crippen LogP contribution in [0.2, 0.25) is 0 Å². The summed E-state index contributed by atoms with van der Waals surface area (Å²) in [6, 6.07) is 8.00. The van der Waals surface area contributed by atoms with E-state index in [-0.39, 0.29) is 13.2 Å². The highest BCUT2D eigenvalue weighted by Crippen LogP contribution is 2.31. The van der Waals surface area contributed by atoms with Crippen LogP contribution in [-0.4, -0.2) is 34.9 Å². The first-order valence-electron chi connectivity index (χ1n) is 6.05. The summed E-state index contributed by atoms with van der Waals surface area (Å²) in [5.74, 6) is 2.03. The molecule has 1 rings (SSSR count). The Morgan fingerprint density at radius 3 is 2.35 bits per heavy atom. The summed E-state index contributed by atoms with van der Waals surface area (Å²) in [6.07, 6.45) is 0.809. The van der Waals surface area contributed by atoms with Gasteiger partial charge in [0.1, 0.15) is 0 Å². The highest BCUT2D eigenvalue weighted by Gasteiger charge is 2.31. The zero-order chi connectivity index (χ0) is 12.7. The first-order valence-corrected chi connectivity index (χ1v) is 7.21. The second-order valence-corrected chi connectivity index (χ2v) is 5.75.